The molecule has 3 N–H and O–H groups in total. The maximum atomic E-state index is 11.9. The van der Waals surface area contributed by atoms with Crippen molar-refractivity contribution in [1.29, 1.82) is 0 Å². The molecule has 0 saturated heterocycles. The van der Waals surface area contributed by atoms with Crippen LogP contribution in [0.1, 0.15) is 52.6 Å². The van der Waals surface area contributed by atoms with E-state index in [1.165, 1.54) is 0 Å². The van der Waals surface area contributed by atoms with Crippen molar-refractivity contribution in [3.05, 3.63) is 29.8 Å². The zero-order valence-corrected chi connectivity index (χ0v) is 15.2. The number of carbonyl (C=O) groups excluding carboxylic acids is 2. The van der Waals surface area contributed by atoms with Gasteiger partial charge in [0, 0.05) is 19.0 Å². The van der Waals surface area contributed by atoms with Gasteiger partial charge in [-0.1, -0.05) is 12.1 Å². The predicted octanol–water partition coefficient (Wildman–Crippen LogP) is 2.75. The van der Waals surface area contributed by atoms with Crippen molar-refractivity contribution in [1.82, 2.24) is 16.0 Å². The number of amides is 3. The van der Waals surface area contributed by atoms with Crippen LogP contribution in [0, 0.1) is 0 Å². The smallest absolute Gasteiger partial charge is 0.315 e. The number of urea groups is 1. The summed E-state index contributed by atoms with van der Waals surface area (Å²) < 4.78 is 5.66. The molecule has 6 nitrogen and oxygen atoms in total. The van der Waals surface area contributed by atoms with E-state index < -0.39 is 0 Å². The molecule has 0 saturated carbocycles. The minimum absolute atomic E-state index is 0.0723. The Hall–Kier alpha value is -2.24. The first-order chi connectivity index (χ1) is 11.3. The van der Waals surface area contributed by atoms with Gasteiger partial charge in [-0.2, -0.15) is 0 Å². The van der Waals surface area contributed by atoms with Crippen LogP contribution >= 0.6 is 0 Å². The summed E-state index contributed by atoms with van der Waals surface area (Å²) in [5, 5.41) is 8.33. The summed E-state index contributed by atoms with van der Waals surface area (Å²) in [6.45, 7) is 9.94. The Morgan fingerprint density at radius 2 is 1.79 bits per heavy atom. The topological polar surface area (TPSA) is 79.5 Å². The van der Waals surface area contributed by atoms with Gasteiger partial charge in [-0.15, -0.1) is 0 Å². The highest BCUT2D eigenvalue weighted by Crippen LogP contribution is 2.19. The Morgan fingerprint density at radius 1 is 1.08 bits per heavy atom. The van der Waals surface area contributed by atoms with Crippen molar-refractivity contribution in [2.45, 2.75) is 59.2 Å². The summed E-state index contributed by atoms with van der Waals surface area (Å²) >= 11 is 0. The van der Waals surface area contributed by atoms with Crippen LogP contribution in [0.25, 0.3) is 0 Å². The summed E-state index contributed by atoms with van der Waals surface area (Å²) in [4.78, 5) is 23.4. The van der Waals surface area contributed by atoms with Crippen molar-refractivity contribution in [3.8, 4) is 5.75 Å². The minimum atomic E-state index is -0.296. The van der Waals surface area contributed by atoms with Crippen molar-refractivity contribution in [3.63, 3.8) is 0 Å². The standard InChI is InChI=1S/C18H29N3O3/c1-12(2)20-17(22)9-10-19-18(23)21-14(5)15-7-6-8-16(11-15)24-13(3)4/h6-8,11-14H,9-10H2,1-5H3,(H,20,22)(H2,19,21,23). The second-order valence-electron chi connectivity index (χ2n) is 6.33. The SMILES string of the molecule is CC(C)NC(=O)CCNC(=O)NC(C)c1cccc(OC(C)C)c1. The molecule has 0 aliphatic carbocycles. The fourth-order valence-corrected chi connectivity index (χ4v) is 2.14. The largest absolute Gasteiger partial charge is 0.491 e. The third-order valence-electron chi connectivity index (χ3n) is 3.16. The molecule has 1 unspecified atom stereocenters. The van der Waals surface area contributed by atoms with Gasteiger partial charge in [-0.05, 0) is 52.3 Å². The van der Waals surface area contributed by atoms with Crippen molar-refractivity contribution in [2.24, 2.45) is 0 Å². The molecule has 0 aliphatic heterocycles. The number of benzene rings is 1. The summed E-state index contributed by atoms with van der Waals surface area (Å²) in [5.41, 5.74) is 0.959. The van der Waals surface area contributed by atoms with Gasteiger partial charge in [-0.25, -0.2) is 4.79 Å². The number of nitrogens with one attached hydrogen (secondary N) is 3. The average molecular weight is 335 g/mol. The quantitative estimate of drug-likeness (QED) is 0.683. The molecule has 134 valence electrons. The van der Waals surface area contributed by atoms with E-state index in [4.69, 9.17) is 4.74 Å². The maximum absolute atomic E-state index is 11.9. The van der Waals surface area contributed by atoms with Crippen LogP contribution in [0.3, 0.4) is 0 Å². The molecule has 1 aromatic rings. The monoisotopic (exact) mass is 335 g/mol. The molecule has 0 radical (unpaired) electrons. The molecule has 0 aromatic heterocycles. The Bertz CT molecular complexity index is 544. The van der Waals surface area contributed by atoms with E-state index in [-0.39, 0.29) is 36.5 Å². The van der Waals surface area contributed by atoms with E-state index in [9.17, 15) is 9.59 Å². The molecular weight excluding hydrogens is 306 g/mol. The Morgan fingerprint density at radius 3 is 2.42 bits per heavy atom. The molecule has 1 rings (SSSR count). The van der Waals surface area contributed by atoms with E-state index >= 15 is 0 Å². The summed E-state index contributed by atoms with van der Waals surface area (Å²) in [6.07, 6.45) is 0.362. The van der Waals surface area contributed by atoms with Gasteiger partial charge >= 0.3 is 6.03 Å². The number of hydrogen-bond acceptors (Lipinski definition) is 3. The molecule has 0 aliphatic rings. The third-order valence-corrected chi connectivity index (χ3v) is 3.16. The summed E-state index contributed by atoms with van der Waals surface area (Å²) in [5.74, 6) is 0.707. The number of ether oxygens (including phenoxy) is 1. The van der Waals surface area contributed by atoms with Crippen LogP contribution in [0.5, 0.6) is 5.75 Å². The van der Waals surface area contributed by atoms with E-state index in [2.05, 4.69) is 16.0 Å². The highest BCUT2D eigenvalue weighted by Gasteiger charge is 2.11. The highest BCUT2D eigenvalue weighted by molar-refractivity contribution is 5.78. The Kier molecular flexibility index (Phi) is 8.09. The molecule has 0 heterocycles. The van der Waals surface area contributed by atoms with E-state index in [0.29, 0.717) is 6.54 Å². The van der Waals surface area contributed by atoms with Gasteiger partial charge in [0.1, 0.15) is 5.75 Å². The Balaban J connectivity index is 2.42. The van der Waals surface area contributed by atoms with Crippen LogP contribution in [0.4, 0.5) is 4.79 Å². The van der Waals surface area contributed by atoms with E-state index in [1.807, 2.05) is 58.9 Å². The minimum Gasteiger partial charge on any atom is -0.491 e. The van der Waals surface area contributed by atoms with Crippen molar-refractivity contribution < 1.29 is 14.3 Å². The second kappa shape index (κ2) is 9.80. The van der Waals surface area contributed by atoms with E-state index in [1.54, 1.807) is 0 Å². The first kappa shape index (κ1) is 19.8. The van der Waals surface area contributed by atoms with Crippen LogP contribution < -0.4 is 20.7 Å². The molecule has 3 amide bonds. The fourth-order valence-electron chi connectivity index (χ4n) is 2.14. The first-order valence-electron chi connectivity index (χ1n) is 8.38. The number of hydrogen-bond donors (Lipinski definition) is 3. The molecule has 24 heavy (non-hydrogen) atoms. The lowest BCUT2D eigenvalue weighted by atomic mass is 10.1. The average Bonchev–Trinajstić information content (AvgIpc) is 2.45. The van der Waals surface area contributed by atoms with Crippen molar-refractivity contribution >= 4 is 11.9 Å². The molecule has 6 heteroatoms. The second-order valence-corrected chi connectivity index (χ2v) is 6.33. The van der Waals surface area contributed by atoms with Crippen LogP contribution in [0.2, 0.25) is 0 Å². The lowest BCUT2D eigenvalue weighted by molar-refractivity contribution is -0.121. The van der Waals surface area contributed by atoms with Gasteiger partial charge in [0.15, 0.2) is 0 Å². The zero-order chi connectivity index (χ0) is 18.1. The highest BCUT2D eigenvalue weighted by atomic mass is 16.5. The normalized spacial score (nSPS) is 12.0. The molecule has 1 aromatic carbocycles. The maximum Gasteiger partial charge on any atom is 0.315 e. The van der Waals surface area contributed by atoms with Crippen molar-refractivity contribution in [2.75, 3.05) is 6.54 Å². The van der Waals surface area contributed by atoms with Gasteiger partial charge < -0.3 is 20.7 Å². The van der Waals surface area contributed by atoms with Gasteiger partial charge in [0.05, 0.1) is 12.1 Å². The number of carbonyl (C=O) groups is 2. The van der Waals surface area contributed by atoms with Crippen LogP contribution in [-0.4, -0.2) is 30.6 Å². The number of rotatable bonds is 8. The van der Waals surface area contributed by atoms with Crippen LogP contribution in [0.15, 0.2) is 24.3 Å². The molecule has 1 atom stereocenters. The first-order valence-corrected chi connectivity index (χ1v) is 8.38. The Labute approximate surface area is 144 Å². The predicted molar refractivity (Wildman–Crippen MR) is 95.1 cm³/mol. The zero-order valence-electron chi connectivity index (χ0n) is 15.2. The fraction of sp³-hybridized carbons (Fsp3) is 0.556. The molecule has 0 fully saturated rings. The molecule has 0 spiro atoms. The van der Waals surface area contributed by atoms with Gasteiger partial charge in [-0.3, -0.25) is 4.79 Å². The lowest BCUT2D eigenvalue weighted by Crippen LogP contribution is -2.39. The molecule has 0 bridgehead atoms. The van der Waals surface area contributed by atoms with Gasteiger partial charge in [0.2, 0.25) is 5.91 Å². The lowest BCUT2D eigenvalue weighted by Gasteiger charge is -2.17. The van der Waals surface area contributed by atoms with Gasteiger partial charge in [0.25, 0.3) is 0 Å². The molecular formula is C18H29N3O3. The van der Waals surface area contributed by atoms with E-state index in [0.717, 1.165) is 11.3 Å². The summed E-state index contributed by atoms with van der Waals surface area (Å²) in [6, 6.07) is 7.30. The summed E-state index contributed by atoms with van der Waals surface area (Å²) in [7, 11) is 0. The van der Waals surface area contributed by atoms with Crippen LogP contribution in [-0.2, 0) is 4.79 Å². The third kappa shape index (κ3) is 7.85.